The van der Waals surface area contributed by atoms with Crippen molar-refractivity contribution in [3.63, 3.8) is 0 Å². The number of rotatable bonds is 4. The fourth-order valence-corrected chi connectivity index (χ4v) is 3.13. The van der Waals surface area contributed by atoms with E-state index in [0.29, 0.717) is 22.2 Å². The molecule has 150 valence electrons. The highest BCUT2D eigenvalue weighted by atomic mass is 16.6. The summed E-state index contributed by atoms with van der Waals surface area (Å²) in [4.78, 5) is 27.6. The zero-order valence-corrected chi connectivity index (χ0v) is 16.1. The Balaban J connectivity index is 2.18. The van der Waals surface area contributed by atoms with Crippen LogP contribution in [-0.2, 0) is 0 Å². The van der Waals surface area contributed by atoms with Gasteiger partial charge in [-0.05, 0) is 32.9 Å². The van der Waals surface area contributed by atoms with Crippen molar-refractivity contribution in [2.24, 2.45) is 0 Å². The van der Waals surface area contributed by atoms with Crippen LogP contribution in [0.3, 0.4) is 0 Å². The van der Waals surface area contributed by atoms with E-state index in [1.54, 1.807) is 57.2 Å². The van der Waals surface area contributed by atoms with Crippen LogP contribution in [0.5, 0.6) is 11.5 Å². The molecule has 9 heteroatoms. The first-order chi connectivity index (χ1) is 13.6. The zero-order valence-electron chi connectivity index (χ0n) is 16.1. The van der Waals surface area contributed by atoms with Crippen LogP contribution in [0.25, 0.3) is 10.8 Å². The molecular formula is C20H20N4O5. The highest BCUT2D eigenvalue weighted by Crippen LogP contribution is 2.41. The quantitative estimate of drug-likeness (QED) is 0.478. The van der Waals surface area contributed by atoms with Gasteiger partial charge in [-0.3, -0.25) is 15.0 Å². The van der Waals surface area contributed by atoms with Crippen molar-refractivity contribution in [1.29, 1.82) is 0 Å². The van der Waals surface area contributed by atoms with E-state index in [9.17, 15) is 20.0 Å². The molecule has 0 bridgehead atoms. The van der Waals surface area contributed by atoms with E-state index in [2.05, 4.69) is 4.98 Å². The normalized spacial score (nSPS) is 11.3. The molecule has 1 heterocycles. The Kier molecular flexibility index (Phi) is 4.98. The van der Waals surface area contributed by atoms with Crippen LogP contribution in [0, 0.1) is 10.1 Å². The van der Waals surface area contributed by atoms with E-state index in [1.807, 2.05) is 0 Å². The van der Waals surface area contributed by atoms with Gasteiger partial charge in [0.25, 0.3) is 0 Å². The summed E-state index contributed by atoms with van der Waals surface area (Å²) in [5.74, 6) is 0.0295. The molecule has 1 aromatic heterocycles. The second kappa shape index (κ2) is 7.27. The number of hydrogen-bond donors (Lipinski definition) is 2. The van der Waals surface area contributed by atoms with Crippen LogP contribution in [0.4, 0.5) is 22.0 Å². The molecule has 0 aliphatic heterocycles. The number of benzene rings is 2. The third-order valence-electron chi connectivity index (χ3n) is 4.28. The van der Waals surface area contributed by atoms with Gasteiger partial charge in [0, 0.05) is 28.6 Å². The Morgan fingerprint density at radius 2 is 1.79 bits per heavy atom. The summed E-state index contributed by atoms with van der Waals surface area (Å²) in [7, 11) is 0. The summed E-state index contributed by atoms with van der Waals surface area (Å²) in [6.45, 7) is 5.39. The molecule has 29 heavy (non-hydrogen) atoms. The first-order valence-corrected chi connectivity index (χ1v) is 8.73. The molecule has 0 radical (unpaired) electrons. The van der Waals surface area contributed by atoms with Gasteiger partial charge >= 0.3 is 11.8 Å². The predicted octanol–water partition coefficient (Wildman–Crippen LogP) is 4.80. The molecule has 0 unspecified atom stereocenters. The minimum absolute atomic E-state index is 0.0497. The number of nitrogens with two attached hydrogens (primary N) is 1. The summed E-state index contributed by atoms with van der Waals surface area (Å²) >= 11 is 0. The number of nitrogen functional groups attached to an aromatic ring is 1. The van der Waals surface area contributed by atoms with Crippen molar-refractivity contribution < 1.29 is 19.6 Å². The largest absolute Gasteiger partial charge is 0.465 e. The number of pyridine rings is 1. The first-order valence-electron chi connectivity index (χ1n) is 8.73. The maximum Gasteiger partial charge on any atom is 0.412 e. The summed E-state index contributed by atoms with van der Waals surface area (Å²) in [5.41, 5.74) is 5.00. The molecule has 0 fully saturated rings. The maximum absolute atomic E-state index is 11.9. The Labute approximate surface area is 166 Å². The molecule has 3 N–H and O–H groups in total. The standard InChI is InChI=1S/C20H20N4O5/c1-20(2,3)23(19(25)26)14-8-9-15(13-7-5-4-6-12(13)14)29-16-10-11-22-18(21)17(16)24(27)28/h4-11H,1-3H3,(H2,21,22)(H,25,26). The van der Waals surface area contributed by atoms with Crippen molar-refractivity contribution in [2.45, 2.75) is 26.3 Å². The molecule has 0 saturated carbocycles. The summed E-state index contributed by atoms with van der Waals surface area (Å²) in [6.07, 6.45) is 0.230. The van der Waals surface area contributed by atoms with Crippen molar-refractivity contribution >= 4 is 34.1 Å². The maximum atomic E-state index is 11.9. The molecule has 0 spiro atoms. The third kappa shape index (κ3) is 3.75. The Bertz CT molecular complexity index is 1110. The average molecular weight is 396 g/mol. The van der Waals surface area contributed by atoms with E-state index < -0.39 is 22.2 Å². The average Bonchev–Trinajstić information content (AvgIpc) is 2.62. The highest BCUT2D eigenvalue weighted by Gasteiger charge is 2.30. The molecule has 9 nitrogen and oxygen atoms in total. The van der Waals surface area contributed by atoms with Gasteiger partial charge in [0.15, 0.2) is 0 Å². The summed E-state index contributed by atoms with van der Waals surface area (Å²) in [5, 5.41) is 22.3. The van der Waals surface area contributed by atoms with Gasteiger partial charge < -0.3 is 15.6 Å². The molecule has 0 aliphatic rings. The number of nitro groups is 1. The molecule has 3 aromatic rings. The molecule has 3 rings (SSSR count). The van der Waals surface area contributed by atoms with Crippen molar-refractivity contribution in [3.05, 3.63) is 58.8 Å². The summed E-state index contributed by atoms with van der Waals surface area (Å²) < 4.78 is 5.82. The van der Waals surface area contributed by atoms with Gasteiger partial charge in [-0.25, -0.2) is 9.78 Å². The predicted molar refractivity (Wildman–Crippen MR) is 110 cm³/mol. The van der Waals surface area contributed by atoms with Crippen molar-refractivity contribution in [3.8, 4) is 11.5 Å². The number of ether oxygens (including phenoxy) is 1. The molecule has 1 amide bonds. The number of anilines is 2. The van der Waals surface area contributed by atoms with Crippen LogP contribution >= 0.6 is 0 Å². The molecular weight excluding hydrogens is 376 g/mol. The van der Waals surface area contributed by atoms with E-state index in [0.717, 1.165) is 0 Å². The van der Waals surface area contributed by atoms with Gasteiger partial charge in [-0.1, -0.05) is 24.3 Å². The molecule has 0 saturated heterocycles. The lowest BCUT2D eigenvalue weighted by atomic mass is 10.0. The lowest BCUT2D eigenvalue weighted by Crippen LogP contribution is -2.45. The fraction of sp³-hybridized carbons (Fsp3) is 0.200. The van der Waals surface area contributed by atoms with Crippen molar-refractivity contribution in [1.82, 2.24) is 4.98 Å². The number of nitrogens with zero attached hydrogens (tertiary/aromatic N) is 3. The second-order valence-electron chi connectivity index (χ2n) is 7.32. The Morgan fingerprint density at radius 1 is 1.14 bits per heavy atom. The smallest absolute Gasteiger partial charge is 0.412 e. The van der Waals surface area contributed by atoms with Crippen LogP contribution in [-0.4, -0.2) is 26.6 Å². The SMILES string of the molecule is CC(C)(C)N(C(=O)O)c1ccc(Oc2ccnc(N)c2[N+](=O)[O-])c2ccccc12. The highest BCUT2D eigenvalue weighted by molar-refractivity contribution is 6.04. The number of hydrogen-bond acceptors (Lipinski definition) is 6. The number of fused-ring (bicyclic) bond motifs is 1. The Hall–Kier alpha value is -3.88. The number of aromatic nitrogens is 1. The van der Waals surface area contributed by atoms with E-state index in [1.165, 1.54) is 17.2 Å². The minimum atomic E-state index is -1.09. The topological polar surface area (TPSA) is 132 Å². The lowest BCUT2D eigenvalue weighted by Gasteiger charge is -2.34. The van der Waals surface area contributed by atoms with Gasteiger partial charge in [0.1, 0.15) is 5.75 Å². The fourth-order valence-electron chi connectivity index (χ4n) is 3.13. The van der Waals surface area contributed by atoms with E-state index >= 15 is 0 Å². The van der Waals surface area contributed by atoms with Gasteiger partial charge in [0.2, 0.25) is 11.6 Å². The van der Waals surface area contributed by atoms with Gasteiger partial charge in [-0.2, -0.15) is 0 Å². The van der Waals surface area contributed by atoms with Crippen molar-refractivity contribution in [2.75, 3.05) is 10.6 Å². The van der Waals surface area contributed by atoms with Gasteiger partial charge in [0.05, 0.1) is 10.6 Å². The zero-order chi connectivity index (χ0) is 21.3. The van der Waals surface area contributed by atoms with Crippen LogP contribution in [0.15, 0.2) is 48.7 Å². The minimum Gasteiger partial charge on any atom is -0.465 e. The molecule has 2 aromatic carbocycles. The van der Waals surface area contributed by atoms with Gasteiger partial charge in [-0.15, -0.1) is 0 Å². The third-order valence-corrected chi connectivity index (χ3v) is 4.28. The monoisotopic (exact) mass is 396 g/mol. The Morgan fingerprint density at radius 3 is 2.38 bits per heavy atom. The van der Waals surface area contributed by atoms with E-state index in [4.69, 9.17) is 10.5 Å². The summed E-state index contributed by atoms with van der Waals surface area (Å²) in [6, 6.07) is 11.6. The number of amides is 1. The molecule has 0 atom stereocenters. The van der Waals surface area contributed by atoms with Crippen LogP contribution in [0.1, 0.15) is 20.8 Å². The van der Waals surface area contributed by atoms with Crippen LogP contribution < -0.4 is 15.4 Å². The molecule has 0 aliphatic carbocycles. The first kappa shape index (κ1) is 19.9. The lowest BCUT2D eigenvalue weighted by molar-refractivity contribution is -0.384. The van der Waals surface area contributed by atoms with Crippen LogP contribution in [0.2, 0.25) is 0 Å². The number of carboxylic acid groups (broad SMARTS) is 1. The second-order valence-corrected chi connectivity index (χ2v) is 7.32. The number of carbonyl (C=O) groups is 1. The van der Waals surface area contributed by atoms with E-state index in [-0.39, 0.29) is 11.6 Å².